The van der Waals surface area contributed by atoms with Crippen molar-refractivity contribution in [3.05, 3.63) is 95.8 Å². The van der Waals surface area contributed by atoms with Crippen LogP contribution in [0.5, 0.6) is 0 Å². The van der Waals surface area contributed by atoms with Crippen LogP contribution in [0.15, 0.2) is 83.8 Å². The lowest BCUT2D eigenvalue weighted by molar-refractivity contribution is -0.122. The molecule has 1 aliphatic heterocycles. The lowest BCUT2D eigenvalue weighted by Gasteiger charge is -2.28. The number of imide groups is 1. The zero-order valence-electron chi connectivity index (χ0n) is 17.8. The van der Waals surface area contributed by atoms with Gasteiger partial charge < -0.3 is 4.90 Å². The monoisotopic (exact) mass is 481 g/mol. The molecule has 1 fully saturated rings. The second-order valence-corrected chi connectivity index (χ2v) is 9.29. The Bertz CT molecular complexity index is 1360. The van der Waals surface area contributed by atoms with E-state index in [9.17, 15) is 27.2 Å². The predicted molar refractivity (Wildman–Crippen MR) is 121 cm³/mol. The van der Waals surface area contributed by atoms with Gasteiger partial charge >= 0.3 is 0 Å². The molecule has 8 nitrogen and oxygen atoms in total. The summed E-state index contributed by atoms with van der Waals surface area (Å²) in [5.74, 6) is -2.70. The number of nitrogens with zero attached hydrogens (tertiary/aromatic N) is 2. The number of hydrogen-bond acceptors (Lipinski definition) is 5. The first-order valence-electron chi connectivity index (χ1n) is 10.3. The highest BCUT2D eigenvalue weighted by Gasteiger charge is 2.44. The number of carbonyl (C=O) groups is 3. The highest BCUT2D eigenvalue weighted by atomic mass is 32.2. The Balaban J connectivity index is 1.69. The Morgan fingerprint density at radius 3 is 2.21 bits per heavy atom. The van der Waals surface area contributed by atoms with Crippen LogP contribution in [0.2, 0.25) is 0 Å². The Morgan fingerprint density at radius 2 is 1.59 bits per heavy atom. The molecule has 0 saturated carbocycles. The van der Waals surface area contributed by atoms with Gasteiger partial charge in [0.15, 0.2) is 0 Å². The van der Waals surface area contributed by atoms with Crippen molar-refractivity contribution in [1.82, 2.24) is 4.90 Å². The molecule has 3 amide bonds. The van der Waals surface area contributed by atoms with E-state index < -0.39 is 39.6 Å². The van der Waals surface area contributed by atoms with Gasteiger partial charge in [-0.15, -0.1) is 0 Å². The zero-order chi connectivity index (χ0) is 24.5. The van der Waals surface area contributed by atoms with E-state index in [1.54, 1.807) is 30.3 Å². The quantitative estimate of drug-likeness (QED) is 0.543. The minimum Gasteiger partial charge on any atom is -0.322 e. The highest BCUT2D eigenvalue weighted by Crippen LogP contribution is 2.29. The Kier molecular flexibility index (Phi) is 6.27. The molecule has 0 aromatic heterocycles. The Labute approximate surface area is 195 Å². The summed E-state index contributed by atoms with van der Waals surface area (Å²) >= 11 is 0. The Morgan fingerprint density at radius 1 is 0.971 bits per heavy atom. The van der Waals surface area contributed by atoms with E-state index in [1.165, 1.54) is 47.4 Å². The minimum atomic E-state index is -3.95. The second-order valence-electron chi connectivity index (χ2n) is 7.72. The van der Waals surface area contributed by atoms with Crippen molar-refractivity contribution in [1.29, 1.82) is 0 Å². The number of anilines is 1. The minimum absolute atomic E-state index is 0.0180. The van der Waals surface area contributed by atoms with E-state index in [2.05, 4.69) is 0 Å². The molecular weight excluding hydrogens is 461 g/mol. The van der Waals surface area contributed by atoms with Crippen LogP contribution < -0.4 is 10.0 Å². The fourth-order valence-electron chi connectivity index (χ4n) is 3.81. The van der Waals surface area contributed by atoms with Crippen LogP contribution in [0.1, 0.15) is 22.3 Å². The fourth-order valence-corrected chi connectivity index (χ4v) is 4.32. The van der Waals surface area contributed by atoms with Gasteiger partial charge in [0.25, 0.3) is 11.8 Å². The lowest BCUT2D eigenvalue weighted by atomic mass is 10.1. The van der Waals surface area contributed by atoms with E-state index in [4.69, 9.17) is 5.14 Å². The maximum atomic E-state index is 14.4. The molecular formula is C24H20FN3O5S. The van der Waals surface area contributed by atoms with Gasteiger partial charge in [-0.05, 0) is 42.0 Å². The number of rotatable bonds is 6. The van der Waals surface area contributed by atoms with Crippen LogP contribution in [-0.2, 0) is 26.2 Å². The van der Waals surface area contributed by atoms with E-state index in [-0.39, 0.29) is 29.1 Å². The molecule has 0 radical (unpaired) electrons. The molecule has 10 heteroatoms. The normalized spacial score (nSPS) is 16.1. The number of carbonyl (C=O) groups excluding carboxylic acids is 3. The zero-order valence-corrected chi connectivity index (χ0v) is 18.6. The largest absolute Gasteiger partial charge is 0.322 e. The van der Waals surface area contributed by atoms with Gasteiger partial charge in [0.2, 0.25) is 15.9 Å². The van der Waals surface area contributed by atoms with Crippen molar-refractivity contribution in [2.75, 3.05) is 4.90 Å². The SMILES string of the molecule is NS(=O)(=O)c1ccc(N2C(=O)CC(N(Cc3ccccc3)C(=O)c3ccccc3F)C2=O)cc1. The van der Waals surface area contributed by atoms with E-state index in [0.29, 0.717) is 5.56 Å². The maximum absolute atomic E-state index is 14.4. The first kappa shape index (κ1) is 23.3. The van der Waals surface area contributed by atoms with Crippen LogP contribution in [0.3, 0.4) is 0 Å². The van der Waals surface area contributed by atoms with Crippen LogP contribution in [0.4, 0.5) is 10.1 Å². The summed E-state index contributed by atoms with van der Waals surface area (Å²) in [7, 11) is -3.95. The molecule has 1 atom stereocenters. The smallest absolute Gasteiger partial charge is 0.257 e. The summed E-state index contributed by atoms with van der Waals surface area (Å²) in [6, 6.07) is 18.1. The van der Waals surface area contributed by atoms with Gasteiger partial charge in [0.1, 0.15) is 11.9 Å². The molecule has 1 heterocycles. The molecule has 0 bridgehead atoms. The number of hydrogen-bond donors (Lipinski definition) is 1. The Hall–Kier alpha value is -3.89. The number of amides is 3. The summed E-state index contributed by atoms with van der Waals surface area (Å²) in [6.45, 7) is -0.0180. The average molecular weight is 482 g/mol. The van der Waals surface area contributed by atoms with E-state index in [0.717, 1.165) is 11.0 Å². The van der Waals surface area contributed by atoms with Crippen molar-refractivity contribution in [3.8, 4) is 0 Å². The fraction of sp³-hybridized carbons (Fsp3) is 0.125. The molecule has 1 unspecified atom stereocenters. The van der Waals surface area contributed by atoms with Gasteiger partial charge in [-0.2, -0.15) is 0 Å². The molecule has 0 aliphatic carbocycles. The molecule has 3 aromatic rings. The summed E-state index contributed by atoms with van der Waals surface area (Å²) in [5, 5.41) is 5.10. The van der Waals surface area contributed by atoms with E-state index in [1.807, 2.05) is 0 Å². The number of sulfonamides is 1. The molecule has 1 aliphatic rings. The summed E-state index contributed by atoms with van der Waals surface area (Å²) < 4.78 is 37.4. The van der Waals surface area contributed by atoms with Gasteiger partial charge in [-0.25, -0.2) is 22.8 Å². The lowest BCUT2D eigenvalue weighted by Crippen LogP contribution is -2.45. The van der Waals surface area contributed by atoms with E-state index >= 15 is 0 Å². The van der Waals surface area contributed by atoms with Crippen LogP contribution in [-0.4, -0.2) is 37.1 Å². The summed E-state index contributed by atoms with van der Waals surface area (Å²) in [5.41, 5.74) is 0.626. The summed E-state index contributed by atoms with van der Waals surface area (Å²) in [4.78, 5) is 41.4. The standard InChI is InChI=1S/C24H20FN3O5S/c25-20-9-5-4-8-19(20)23(30)27(15-16-6-2-1-3-7-16)21-14-22(29)28(24(21)31)17-10-12-18(13-11-17)34(26,32)33/h1-13,21H,14-15H2,(H2,26,32,33). The highest BCUT2D eigenvalue weighted by molar-refractivity contribution is 7.89. The second kappa shape index (κ2) is 9.16. The number of primary sulfonamides is 1. The number of halogens is 1. The van der Waals surface area contributed by atoms with Crippen LogP contribution >= 0.6 is 0 Å². The number of nitrogens with two attached hydrogens (primary N) is 1. The molecule has 0 spiro atoms. The number of benzene rings is 3. The first-order chi connectivity index (χ1) is 16.2. The third-order valence-corrected chi connectivity index (χ3v) is 6.41. The molecule has 4 rings (SSSR count). The van der Waals surface area contributed by atoms with Crippen molar-refractivity contribution in [3.63, 3.8) is 0 Å². The van der Waals surface area contributed by atoms with Crippen molar-refractivity contribution < 1.29 is 27.2 Å². The van der Waals surface area contributed by atoms with Crippen molar-refractivity contribution in [2.24, 2.45) is 5.14 Å². The topological polar surface area (TPSA) is 118 Å². The van der Waals surface area contributed by atoms with Crippen LogP contribution in [0, 0.1) is 5.82 Å². The van der Waals surface area contributed by atoms with Gasteiger partial charge in [-0.3, -0.25) is 14.4 Å². The third-order valence-electron chi connectivity index (χ3n) is 5.48. The van der Waals surface area contributed by atoms with Gasteiger partial charge in [-0.1, -0.05) is 42.5 Å². The van der Waals surface area contributed by atoms with Gasteiger partial charge in [0, 0.05) is 6.54 Å². The van der Waals surface area contributed by atoms with Crippen molar-refractivity contribution >= 4 is 33.4 Å². The maximum Gasteiger partial charge on any atom is 0.257 e. The predicted octanol–water partition coefficient (Wildman–Crippen LogP) is 2.45. The molecule has 1 saturated heterocycles. The van der Waals surface area contributed by atoms with Crippen molar-refractivity contribution in [2.45, 2.75) is 23.9 Å². The molecule has 3 aromatic carbocycles. The average Bonchev–Trinajstić information content (AvgIpc) is 3.11. The summed E-state index contributed by atoms with van der Waals surface area (Å²) in [6.07, 6.45) is -0.303. The molecule has 2 N–H and O–H groups in total. The van der Waals surface area contributed by atoms with Gasteiger partial charge in [0.05, 0.1) is 22.6 Å². The molecule has 174 valence electrons. The van der Waals surface area contributed by atoms with Crippen LogP contribution in [0.25, 0.3) is 0 Å². The third kappa shape index (κ3) is 4.59. The molecule has 34 heavy (non-hydrogen) atoms. The first-order valence-corrected chi connectivity index (χ1v) is 11.8.